The molecule has 1 aliphatic rings. The molecule has 31 heavy (non-hydrogen) atoms. The van der Waals surface area contributed by atoms with Gasteiger partial charge in [0.25, 0.3) is 0 Å². The van der Waals surface area contributed by atoms with Crippen LogP contribution in [0.4, 0.5) is 10.5 Å². The van der Waals surface area contributed by atoms with Crippen LogP contribution >= 0.6 is 0 Å². The zero-order valence-electron chi connectivity index (χ0n) is 18.4. The summed E-state index contributed by atoms with van der Waals surface area (Å²) in [5, 5.41) is 17.1. The van der Waals surface area contributed by atoms with E-state index in [0.717, 1.165) is 12.8 Å². The first kappa shape index (κ1) is 24.0. The van der Waals surface area contributed by atoms with Gasteiger partial charge in [0.1, 0.15) is 0 Å². The molecule has 2 rings (SSSR count). The van der Waals surface area contributed by atoms with Gasteiger partial charge in [-0.25, -0.2) is 9.59 Å². The molecule has 2 amide bonds. The van der Waals surface area contributed by atoms with Crippen LogP contribution in [0.1, 0.15) is 58.6 Å². The first-order valence-electron chi connectivity index (χ1n) is 10.2. The Morgan fingerprint density at radius 2 is 2.00 bits per heavy atom. The van der Waals surface area contributed by atoms with Crippen LogP contribution < -0.4 is 20.1 Å². The molecule has 2 N–H and O–H groups in total. The van der Waals surface area contributed by atoms with Crippen LogP contribution in [0.25, 0.3) is 0 Å². The molecule has 0 saturated heterocycles. The van der Waals surface area contributed by atoms with Gasteiger partial charge in [-0.2, -0.15) is 0 Å². The predicted molar refractivity (Wildman–Crippen MR) is 113 cm³/mol. The van der Waals surface area contributed by atoms with E-state index in [4.69, 9.17) is 14.2 Å². The van der Waals surface area contributed by atoms with Gasteiger partial charge >= 0.3 is 17.7 Å². The van der Waals surface area contributed by atoms with Gasteiger partial charge in [-0.05, 0) is 45.2 Å². The maximum Gasteiger partial charge on any atom is 0.338 e. The highest BCUT2D eigenvalue weighted by atomic mass is 16.6. The van der Waals surface area contributed by atoms with Crippen molar-refractivity contribution in [2.75, 3.05) is 13.7 Å². The highest BCUT2D eigenvalue weighted by Crippen LogP contribution is 2.42. The van der Waals surface area contributed by atoms with Crippen molar-refractivity contribution in [3.8, 4) is 11.5 Å². The van der Waals surface area contributed by atoms with Crippen molar-refractivity contribution in [2.45, 2.75) is 59.1 Å². The van der Waals surface area contributed by atoms with Gasteiger partial charge in [-0.1, -0.05) is 13.3 Å². The second-order valence-electron chi connectivity index (χ2n) is 7.24. The fourth-order valence-electron chi connectivity index (χ4n) is 3.29. The highest BCUT2D eigenvalue weighted by molar-refractivity contribution is 5.95. The lowest BCUT2D eigenvalue weighted by Crippen LogP contribution is -2.46. The van der Waals surface area contributed by atoms with Gasteiger partial charge in [-0.15, -0.1) is 0 Å². The predicted octanol–water partition coefficient (Wildman–Crippen LogP) is 3.75. The van der Waals surface area contributed by atoms with Crippen molar-refractivity contribution < 1.29 is 28.7 Å². The first-order valence-corrected chi connectivity index (χ1v) is 10.2. The zero-order valence-corrected chi connectivity index (χ0v) is 18.4. The third-order valence-electron chi connectivity index (χ3n) is 4.59. The number of unbranched alkanes of at least 4 members (excludes halogenated alkanes) is 1. The fourth-order valence-corrected chi connectivity index (χ4v) is 3.29. The number of hydrogen-bond donors (Lipinski definition) is 2. The summed E-state index contributed by atoms with van der Waals surface area (Å²) in [4.78, 5) is 36.4. The third-order valence-corrected chi connectivity index (χ3v) is 4.59. The van der Waals surface area contributed by atoms with Crippen LogP contribution in [0.5, 0.6) is 11.5 Å². The molecule has 0 saturated carbocycles. The summed E-state index contributed by atoms with van der Waals surface area (Å²) < 4.78 is 16.1. The van der Waals surface area contributed by atoms with Gasteiger partial charge in [0.15, 0.2) is 5.75 Å². The minimum Gasteiger partial charge on any atom is -0.493 e. The summed E-state index contributed by atoms with van der Waals surface area (Å²) in [6.45, 7) is 7.34. The van der Waals surface area contributed by atoms with E-state index in [-0.39, 0.29) is 35.5 Å². The van der Waals surface area contributed by atoms with E-state index in [9.17, 15) is 19.7 Å². The molecule has 0 radical (unpaired) electrons. The molecular formula is C21H29N3O7. The normalized spacial score (nSPS) is 15.9. The Morgan fingerprint density at radius 1 is 1.29 bits per heavy atom. The molecule has 0 aromatic heterocycles. The van der Waals surface area contributed by atoms with E-state index in [1.165, 1.54) is 19.2 Å². The standard InChI is InChI=1S/C21H29N3O7/c1-6-8-9-14-17(20(25)31-12(3)4)18(23-21(26)22-14)13-10-15(24(27)28)19(30-7-2)16(11-13)29-5/h10-12,18H,6-9H2,1-5H3,(H2,22,23,26). The maximum atomic E-state index is 13.0. The number of rotatable bonds is 10. The Kier molecular flexibility index (Phi) is 8.23. The van der Waals surface area contributed by atoms with Crippen LogP contribution in [0.2, 0.25) is 0 Å². The molecular weight excluding hydrogens is 406 g/mol. The van der Waals surface area contributed by atoms with Crippen LogP contribution in [0, 0.1) is 10.1 Å². The lowest BCUT2D eigenvalue weighted by Gasteiger charge is -2.30. The Hall–Kier alpha value is -3.30. The van der Waals surface area contributed by atoms with Crippen LogP contribution in [0.3, 0.4) is 0 Å². The van der Waals surface area contributed by atoms with E-state index in [2.05, 4.69) is 10.6 Å². The molecule has 0 spiro atoms. The minimum atomic E-state index is -0.949. The lowest BCUT2D eigenvalue weighted by atomic mass is 9.92. The number of allylic oxidation sites excluding steroid dienone is 1. The van der Waals surface area contributed by atoms with Gasteiger partial charge in [-0.3, -0.25) is 10.1 Å². The monoisotopic (exact) mass is 435 g/mol. The molecule has 170 valence electrons. The number of nitro benzene ring substituents is 1. The number of esters is 1. The largest absolute Gasteiger partial charge is 0.493 e. The van der Waals surface area contributed by atoms with E-state index >= 15 is 0 Å². The van der Waals surface area contributed by atoms with Crippen molar-refractivity contribution in [3.63, 3.8) is 0 Å². The molecule has 0 aliphatic carbocycles. The maximum absolute atomic E-state index is 13.0. The fraction of sp³-hybridized carbons (Fsp3) is 0.524. The number of nitrogens with zero attached hydrogens (tertiary/aromatic N) is 1. The number of nitrogens with one attached hydrogen (secondary N) is 2. The third kappa shape index (κ3) is 5.65. The molecule has 0 fully saturated rings. The van der Waals surface area contributed by atoms with E-state index in [0.29, 0.717) is 17.7 Å². The smallest absolute Gasteiger partial charge is 0.338 e. The van der Waals surface area contributed by atoms with Crippen molar-refractivity contribution in [3.05, 3.63) is 39.1 Å². The van der Waals surface area contributed by atoms with E-state index in [1.54, 1.807) is 20.8 Å². The van der Waals surface area contributed by atoms with Gasteiger partial charge < -0.3 is 24.8 Å². The first-order chi connectivity index (χ1) is 14.7. The molecule has 0 bridgehead atoms. The van der Waals surface area contributed by atoms with Crippen molar-refractivity contribution >= 4 is 17.7 Å². The summed E-state index contributed by atoms with van der Waals surface area (Å²) >= 11 is 0. The molecule has 10 nitrogen and oxygen atoms in total. The Morgan fingerprint density at radius 3 is 2.55 bits per heavy atom. The average Bonchev–Trinajstić information content (AvgIpc) is 2.71. The van der Waals surface area contributed by atoms with E-state index in [1.807, 2.05) is 6.92 Å². The van der Waals surface area contributed by atoms with Crippen LogP contribution in [-0.2, 0) is 9.53 Å². The van der Waals surface area contributed by atoms with Crippen molar-refractivity contribution in [1.82, 2.24) is 10.6 Å². The minimum absolute atomic E-state index is 0.0134. The zero-order chi connectivity index (χ0) is 23.1. The second kappa shape index (κ2) is 10.6. The van der Waals surface area contributed by atoms with Crippen LogP contribution in [0.15, 0.2) is 23.4 Å². The summed E-state index contributed by atoms with van der Waals surface area (Å²) in [5.41, 5.74) is 0.640. The molecule has 1 aromatic carbocycles. The summed E-state index contributed by atoms with van der Waals surface area (Å²) in [5.74, 6) is -0.486. The summed E-state index contributed by atoms with van der Waals surface area (Å²) in [6.07, 6.45) is 1.67. The summed E-state index contributed by atoms with van der Waals surface area (Å²) in [7, 11) is 1.36. The van der Waals surface area contributed by atoms with Crippen LogP contribution in [-0.4, -0.2) is 36.7 Å². The van der Waals surface area contributed by atoms with E-state index < -0.39 is 23.0 Å². The molecule has 1 aromatic rings. The Balaban J connectivity index is 2.68. The number of hydrogen-bond acceptors (Lipinski definition) is 7. The van der Waals surface area contributed by atoms with Crippen molar-refractivity contribution in [1.29, 1.82) is 0 Å². The summed E-state index contributed by atoms with van der Waals surface area (Å²) in [6, 6.07) is 1.35. The van der Waals surface area contributed by atoms with Crippen molar-refractivity contribution in [2.24, 2.45) is 0 Å². The second-order valence-corrected chi connectivity index (χ2v) is 7.24. The number of amides is 2. The SMILES string of the molecule is CCCCC1=C(C(=O)OC(C)C)C(c2cc(OC)c(OCC)c([N+](=O)[O-])c2)NC(=O)N1. The number of benzene rings is 1. The molecule has 1 unspecified atom stereocenters. The van der Waals surface area contributed by atoms with Gasteiger partial charge in [0, 0.05) is 11.8 Å². The number of nitro groups is 1. The molecule has 1 aliphatic heterocycles. The quantitative estimate of drug-likeness (QED) is 0.325. The highest BCUT2D eigenvalue weighted by Gasteiger charge is 2.36. The average molecular weight is 435 g/mol. The molecule has 10 heteroatoms. The Labute approximate surface area is 181 Å². The number of methoxy groups -OCH3 is 1. The van der Waals surface area contributed by atoms with Gasteiger partial charge in [0.05, 0.1) is 36.4 Å². The molecule has 1 heterocycles. The number of ether oxygens (including phenoxy) is 3. The topological polar surface area (TPSA) is 129 Å². The van der Waals surface area contributed by atoms with Gasteiger partial charge in [0.2, 0.25) is 5.75 Å². The molecule has 1 atom stereocenters. The lowest BCUT2D eigenvalue weighted by molar-refractivity contribution is -0.386. The number of carbonyl (C=O) groups excluding carboxylic acids is 2. The number of carbonyl (C=O) groups is 2. The number of urea groups is 1. The Bertz CT molecular complexity index is 880.